The van der Waals surface area contributed by atoms with Gasteiger partial charge in [0.2, 0.25) is 5.91 Å². The molecule has 0 aliphatic carbocycles. The number of nitriles is 1. The third-order valence-corrected chi connectivity index (χ3v) is 4.11. The highest BCUT2D eigenvalue weighted by Crippen LogP contribution is 2.15. The average Bonchev–Trinajstić information content (AvgIpc) is 2.60. The number of esters is 1. The van der Waals surface area contributed by atoms with Gasteiger partial charge in [0.15, 0.2) is 0 Å². The van der Waals surface area contributed by atoms with E-state index < -0.39 is 17.4 Å². The molecule has 1 aromatic heterocycles. The van der Waals surface area contributed by atoms with Gasteiger partial charge in [-0.15, -0.1) is 0 Å². The van der Waals surface area contributed by atoms with Crippen LogP contribution in [0.3, 0.4) is 0 Å². The van der Waals surface area contributed by atoms with Crippen molar-refractivity contribution in [3.05, 3.63) is 68.1 Å². The number of aromatic nitrogens is 1. The van der Waals surface area contributed by atoms with E-state index in [4.69, 9.17) is 15.7 Å². The molecule has 26 heavy (non-hydrogen) atoms. The zero-order chi connectivity index (χ0) is 19.3. The van der Waals surface area contributed by atoms with Crippen LogP contribution in [0.4, 0.5) is 0 Å². The van der Waals surface area contributed by atoms with Crippen molar-refractivity contribution in [2.24, 2.45) is 5.73 Å². The van der Waals surface area contributed by atoms with E-state index in [1.807, 2.05) is 6.07 Å². The highest BCUT2D eigenvalue weighted by Gasteiger charge is 2.14. The Labute approximate surface area is 150 Å². The number of carbonyl (C=O) groups excluding carboxylic acids is 2. The fourth-order valence-corrected chi connectivity index (χ4v) is 2.70. The van der Waals surface area contributed by atoms with Gasteiger partial charge in [-0.05, 0) is 49.1 Å². The van der Waals surface area contributed by atoms with Gasteiger partial charge in [0.05, 0.1) is 0 Å². The van der Waals surface area contributed by atoms with Crippen LogP contribution in [0.1, 0.15) is 44.7 Å². The van der Waals surface area contributed by atoms with E-state index in [0.717, 1.165) is 5.56 Å². The first kappa shape index (κ1) is 18.9. The molecule has 0 bridgehead atoms. The molecule has 0 atom stereocenters. The molecule has 0 aliphatic heterocycles. The smallest absolute Gasteiger partial charge is 0.306 e. The molecular weight excluding hydrogens is 334 g/mol. The first-order chi connectivity index (χ1) is 12.3. The molecule has 1 amide bonds. The summed E-state index contributed by atoms with van der Waals surface area (Å²) in [5, 5.41) is 9.07. The van der Waals surface area contributed by atoms with E-state index in [9.17, 15) is 14.4 Å². The van der Waals surface area contributed by atoms with Crippen LogP contribution in [0.25, 0.3) is 0 Å². The summed E-state index contributed by atoms with van der Waals surface area (Å²) in [6, 6.07) is 8.44. The van der Waals surface area contributed by atoms with Gasteiger partial charge in [0.25, 0.3) is 5.56 Å². The van der Waals surface area contributed by atoms with Gasteiger partial charge in [-0.3, -0.25) is 14.4 Å². The molecule has 1 aromatic carbocycles. The quantitative estimate of drug-likeness (QED) is 0.763. The molecule has 1 heterocycles. The SMILES string of the molecule is Cc1[nH]c(=O)c(C#N)c(C)c1CCC(=O)OCc1cccc(C(N)=O)c1. The summed E-state index contributed by atoms with van der Waals surface area (Å²) in [5.74, 6) is -0.964. The third-order valence-electron chi connectivity index (χ3n) is 4.11. The van der Waals surface area contributed by atoms with Gasteiger partial charge in [0, 0.05) is 17.7 Å². The summed E-state index contributed by atoms with van der Waals surface area (Å²) < 4.78 is 5.22. The molecule has 2 rings (SSSR count). The van der Waals surface area contributed by atoms with Crippen LogP contribution in [-0.4, -0.2) is 16.9 Å². The molecule has 134 valence electrons. The standard InChI is InChI=1S/C19H19N3O4/c1-11-15(12(2)22-19(25)16(11)9-20)6-7-17(23)26-10-13-4-3-5-14(8-13)18(21)24/h3-5,8H,6-7,10H2,1-2H3,(H2,21,24)(H,22,25). The number of benzene rings is 1. The maximum Gasteiger partial charge on any atom is 0.306 e. The van der Waals surface area contributed by atoms with Crippen molar-refractivity contribution in [1.29, 1.82) is 5.26 Å². The van der Waals surface area contributed by atoms with Crippen LogP contribution in [0.5, 0.6) is 0 Å². The second-order valence-corrected chi connectivity index (χ2v) is 5.89. The van der Waals surface area contributed by atoms with E-state index in [0.29, 0.717) is 28.8 Å². The first-order valence-electron chi connectivity index (χ1n) is 8.00. The molecule has 3 N–H and O–H groups in total. The number of nitrogens with zero attached hydrogens (tertiary/aromatic N) is 1. The van der Waals surface area contributed by atoms with Crippen LogP contribution in [0, 0.1) is 25.2 Å². The third kappa shape index (κ3) is 4.36. The number of nitrogens with two attached hydrogens (primary N) is 1. The summed E-state index contributed by atoms with van der Waals surface area (Å²) in [7, 11) is 0. The monoisotopic (exact) mass is 353 g/mol. The van der Waals surface area contributed by atoms with Crippen LogP contribution in [-0.2, 0) is 22.6 Å². The predicted molar refractivity (Wildman–Crippen MR) is 94.3 cm³/mol. The fraction of sp³-hybridized carbons (Fsp3) is 0.263. The number of hydrogen-bond donors (Lipinski definition) is 2. The minimum atomic E-state index is -0.546. The number of aromatic amines is 1. The second-order valence-electron chi connectivity index (χ2n) is 5.89. The van der Waals surface area contributed by atoms with E-state index in [2.05, 4.69) is 4.98 Å². The lowest BCUT2D eigenvalue weighted by atomic mass is 9.99. The molecule has 7 heteroatoms. The number of rotatable bonds is 6. The molecule has 0 radical (unpaired) electrons. The van der Waals surface area contributed by atoms with Gasteiger partial charge in [-0.2, -0.15) is 5.26 Å². The summed E-state index contributed by atoms with van der Waals surface area (Å²) in [4.78, 5) is 37.5. The maximum atomic E-state index is 12.0. The first-order valence-corrected chi connectivity index (χ1v) is 8.00. The summed E-state index contributed by atoms with van der Waals surface area (Å²) in [6.07, 6.45) is 0.456. The van der Waals surface area contributed by atoms with Crippen molar-refractivity contribution in [3.8, 4) is 6.07 Å². The van der Waals surface area contributed by atoms with Crippen molar-refractivity contribution in [3.63, 3.8) is 0 Å². The summed E-state index contributed by atoms with van der Waals surface area (Å²) >= 11 is 0. The van der Waals surface area contributed by atoms with Crippen molar-refractivity contribution in [2.45, 2.75) is 33.3 Å². The van der Waals surface area contributed by atoms with Gasteiger partial charge in [-0.25, -0.2) is 0 Å². The minimum Gasteiger partial charge on any atom is -0.461 e. The maximum absolute atomic E-state index is 12.0. The average molecular weight is 353 g/mol. The number of nitrogens with one attached hydrogen (secondary N) is 1. The lowest BCUT2D eigenvalue weighted by molar-refractivity contribution is -0.144. The van der Waals surface area contributed by atoms with E-state index in [1.54, 1.807) is 38.1 Å². The van der Waals surface area contributed by atoms with Gasteiger partial charge < -0.3 is 15.5 Å². The van der Waals surface area contributed by atoms with Crippen LogP contribution in [0.15, 0.2) is 29.1 Å². The zero-order valence-corrected chi connectivity index (χ0v) is 14.6. The van der Waals surface area contributed by atoms with E-state index in [-0.39, 0.29) is 18.6 Å². The molecule has 7 nitrogen and oxygen atoms in total. The predicted octanol–water partition coefficient (Wildman–Crippen LogP) is 1.64. The molecular formula is C19H19N3O4. The molecule has 0 aliphatic rings. The van der Waals surface area contributed by atoms with Crippen LogP contribution in [0.2, 0.25) is 0 Å². The summed E-state index contributed by atoms with van der Waals surface area (Å²) in [6.45, 7) is 3.45. The molecule has 0 fully saturated rings. The largest absolute Gasteiger partial charge is 0.461 e. The Hall–Kier alpha value is -3.40. The Balaban J connectivity index is 2.00. The van der Waals surface area contributed by atoms with E-state index in [1.165, 1.54) is 0 Å². The molecule has 0 spiro atoms. The summed E-state index contributed by atoms with van der Waals surface area (Å²) in [5.41, 5.74) is 7.83. The molecule has 0 saturated carbocycles. The highest BCUT2D eigenvalue weighted by molar-refractivity contribution is 5.92. The Morgan fingerprint density at radius 1 is 1.31 bits per heavy atom. The van der Waals surface area contributed by atoms with Crippen molar-refractivity contribution >= 4 is 11.9 Å². The Morgan fingerprint density at radius 3 is 2.69 bits per heavy atom. The number of ether oxygens (including phenoxy) is 1. The topological polar surface area (TPSA) is 126 Å². The molecule has 0 unspecified atom stereocenters. The van der Waals surface area contributed by atoms with Crippen molar-refractivity contribution in [1.82, 2.24) is 4.98 Å². The Kier molecular flexibility index (Phi) is 5.91. The van der Waals surface area contributed by atoms with Crippen molar-refractivity contribution in [2.75, 3.05) is 0 Å². The highest BCUT2D eigenvalue weighted by atomic mass is 16.5. The van der Waals surface area contributed by atoms with Gasteiger partial charge >= 0.3 is 5.97 Å². The molecule has 2 aromatic rings. The van der Waals surface area contributed by atoms with Gasteiger partial charge in [0.1, 0.15) is 18.2 Å². The van der Waals surface area contributed by atoms with Crippen LogP contribution >= 0.6 is 0 Å². The molecule has 0 saturated heterocycles. The fourth-order valence-electron chi connectivity index (χ4n) is 2.70. The second kappa shape index (κ2) is 8.12. The minimum absolute atomic E-state index is 0.0347. The number of amides is 1. The number of H-pyrrole nitrogens is 1. The number of pyridine rings is 1. The lowest BCUT2D eigenvalue weighted by Gasteiger charge is -2.11. The Morgan fingerprint density at radius 2 is 2.04 bits per heavy atom. The van der Waals surface area contributed by atoms with Crippen LogP contribution < -0.4 is 11.3 Å². The number of aryl methyl sites for hydroxylation is 1. The number of primary amides is 1. The van der Waals surface area contributed by atoms with Crippen molar-refractivity contribution < 1.29 is 14.3 Å². The normalized spacial score (nSPS) is 10.2. The number of hydrogen-bond acceptors (Lipinski definition) is 5. The number of carbonyl (C=O) groups is 2. The lowest BCUT2D eigenvalue weighted by Crippen LogP contribution is -2.17. The Bertz CT molecular complexity index is 954. The zero-order valence-electron chi connectivity index (χ0n) is 14.6. The van der Waals surface area contributed by atoms with E-state index >= 15 is 0 Å². The van der Waals surface area contributed by atoms with Gasteiger partial charge in [-0.1, -0.05) is 12.1 Å².